The first-order valence-electron chi connectivity index (χ1n) is 10.6. The summed E-state index contributed by atoms with van der Waals surface area (Å²) >= 11 is 0. The number of hydrogen-bond donors (Lipinski definition) is 3. The first kappa shape index (κ1) is 18.5. The van der Waals surface area contributed by atoms with Crippen LogP contribution < -0.4 is 5.73 Å². The van der Waals surface area contributed by atoms with Crippen molar-refractivity contribution in [2.45, 2.75) is 6.42 Å². The van der Waals surface area contributed by atoms with Crippen LogP contribution in [0.25, 0.3) is 22.0 Å². The number of nitrogens with zero attached hydrogens (tertiary/aromatic N) is 1. The fourth-order valence-corrected chi connectivity index (χ4v) is 4.63. The Morgan fingerprint density at radius 3 is 2.47 bits per heavy atom. The quantitative estimate of drug-likeness (QED) is 0.238. The van der Waals surface area contributed by atoms with Crippen molar-refractivity contribution in [1.82, 2.24) is 4.98 Å². The van der Waals surface area contributed by atoms with Crippen LogP contribution in [0.2, 0.25) is 0 Å². The third-order valence-electron chi connectivity index (χ3n) is 6.11. The Morgan fingerprint density at radius 1 is 0.812 bits per heavy atom. The molecule has 4 heteroatoms. The Balaban J connectivity index is 1.54. The third-order valence-corrected chi connectivity index (χ3v) is 6.11. The number of nitrogen functional groups attached to an aromatic ring is 1. The van der Waals surface area contributed by atoms with Gasteiger partial charge < -0.3 is 15.8 Å². The molecule has 0 unspecified atom stereocenters. The number of H-pyrrole nitrogens is 1. The van der Waals surface area contributed by atoms with E-state index in [0.717, 1.165) is 28.6 Å². The minimum atomic E-state index is 0.0850. The monoisotopic (exact) mass is 415 g/mol. The van der Waals surface area contributed by atoms with Crippen LogP contribution in [-0.4, -0.2) is 15.8 Å². The van der Waals surface area contributed by atoms with Crippen LogP contribution in [0.3, 0.4) is 0 Å². The maximum absolute atomic E-state index is 10.8. The van der Waals surface area contributed by atoms with Crippen molar-refractivity contribution in [2.75, 3.05) is 5.73 Å². The summed E-state index contributed by atoms with van der Waals surface area (Å²) in [5.74, 6) is 0.0850. The number of aromatic hydroxyl groups is 1. The Kier molecular flexibility index (Phi) is 4.12. The Hall–Kier alpha value is -4.31. The normalized spacial score (nSPS) is 12.7. The number of aliphatic imine (C=N–C) groups is 1. The van der Waals surface area contributed by atoms with Crippen LogP contribution in [0.1, 0.15) is 22.3 Å². The summed E-state index contributed by atoms with van der Waals surface area (Å²) in [7, 11) is 0. The molecule has 4 N–H and O–H groups in total. The third kappa shape index (κ3) is 2.96. The number of nitrogens with one attached hydrogen (secondary N) is 1. The number of nitrogens with two attached hydrogens (primary N) is 1. The van der Waals surface area contributed by atoms with E-state index >= 15 is 0 Å². The maximum Gasteiger partial charge on any atom is 0.199 e. The van der Waals surface area contributed by atoms with E-state index in [4.69, 9.17) is 10.7 Å². The molecule has 4 nitrogen and oxygen atoms in total. The van der Waals surface area contributed by atoms with Crippen LogP contribution in [-0.2, 0) is 6.42 Å². The van der Waals surface area contributed by atoms with Crippen molar-refractivity contribution in [3.05, 3.63) is 113 Å². The fraction of sp³-hybridized carbons (Fsp3) is 0.0357. The van der Waals surface area contributed by atoms with Gasteiger partial charge in [0.25, 0.3) is 0 Å². The average Bonchev–Trinajstić information content (AvgIpc) is 3.34. The van der Waals surface area contributed by atoms with Crippen LogP contribution in [0, 0.1) is 0 Å². The lowest BCUT2D eigenvalue weighted by atomic mass is 10.00. The van der Waals surface area contributed by atoms with Crippen molar-refractivity contribution in [3.8, 4) is 17.0 Å². The summed E-state index contributed by atoms with van der Waals surface area (Å²) in [5.41, 5.74) is 15.8. The zero-order valence-corrected chi connectivity index (χ0v) is 17.3. The van der Waals surface area contributed by atoms with E-state index < -0.39 is 0 Å². The van der Waals surface area contributed by atoms with Gasteiger partial charge in [0.2, 0.25) is 0 Å². The molecule has 0 saturated heterocycles. The second-order valence-electron chi connectivity index (χ2n) is 8.16. The molecule has 0 atom stereocenters. The van der Waals surface area contributed by atoms with Crippen LogP contribution >= 0.6 is 0 Å². The van der Waals surface area contributed by atoms with Gasteiger partial charge in [0.15, 0.2) is 5.88 Å². The Labute approximate surface area is 185 Å². The van der Waals surface area contributed by atoms with E-state index in [9.17, 15) is 5.11 Å². The van der Waals surface area contributed by atoms with Crippen molar-refractivity contribution in [3.63, 3.8) is 0 Å². The first-order chi connectivity index (χ1) is 15.7. The van der Waals surface area contributed by atoms with Gasteiger partial charge in [-0.25, -0.2) is 4.99 Å². The molecule has 1 heterocycles. The molecule has 0 radical (unpaired) electrons. The van der Waals surface area contributed by atoms with E-state index in [2.05, 4.69) is 41.4 Å². The molecule has 1 aliphatic carbocycles. The second kappa shape index (κ2) is 7.13. The summed E-state index contributed by atoms with van der Waals surface area (Å²) in [4.78, 5) is 8.11. The number of benzene rings is 4. The smallest absolute Gasteiger partial charge is 0.199 e. The van der Waals surface area contributed by atoms with Crippen molar-refractivity contribution in [2.24, 2.45) is 4.99 Å². The minimum absolute atomic E-state index is 0.0850. The topological polar surface area (TPSA) is 74.4 Å². The fourth-order valence-electron chi connectivity index (χ4n) is 4.63. The van der Waals surface area contributed by atoms with E-state index in [0.29, 0.717) is 17.0 Å². The molecule has 0 saturated carbocycles. The summed E-state index contributed by atoms with van der Waals surface area (Å²) in [6.45, 7) is 0. The molecule has 5 aromatic rings. The molecule has 1 aliphatic rings. The van der Waals surface area contributed by atoms with E-state index in [-0.39, 0.29) is 5.88 Å². The zero-order chi connectivity index (χ0) is 21.7. The molecule has 1 aromatic heterocycles. The van der Waals surface area contributed by atoms with Gasteiger partial charge in [0, 0.05) is 22.2 Å². The first-order valence-corrected chi connectivity index (χ1v) is 10.6. The lowest BCUT2D eigenvalue weighted by molar-refractivity contribution is 0.457. The number of rotatable bonds is 3. The second-order valence-corrected chi connectivity index (χ2v) is 8.16. The molecule has 6 rings (SSSR count). The molecular formula is C28H21N3O. The maximum atomic E-state index is 10.8. The zero-order valence-electron chi connectivity index (χ0n) is 17.3. The Bertz CT molecular complexity index is 1510. The molecule has 0 amide bonds. The minimum Gasteiger partial charge on any atom is -0.494 e. The molecule has 0 aliphatic heterocycles. The van der Waals surface area contributed by atoms with Gasteiger partial charge in [-0.05, 0) is 59.0 Å². The standard InChI is InChI=1S/C28H21N3O/c29-20-10-13-25-24(16-20)26(28(32)31-25)27(17-6-2-1-3-7-17)30-21-11-12-23-19(15-21)14-18-8-4-5-9-22(18)23/h1-13,15-16,31-32H,14,29H2. The van der Waals surface area contributed by atoms with E-state index in [1.165, 1.54) is 22.3 Å². The van der Waals surface area contributed by atoms with Crippen LogP contribution in [0.15, 0.2) is 96.0 Å². The lowest BCUT2D eigenvalue weighted by Gasteiger charge is -2.09. The van der Waals surface area contributed by atoms with Crippen molar-refractivity contribution >= 4 is 28.0 Å². The molecular weight excluding hydrogens is 394 g/mol. The highest BCUT2D eigenvalue weighted by molar-refractivity contribution is 6.22. The number of fused-ring (bicyclic) bond motifs is 4. The highest BCUT2D eigenvalue weighted by Gasteiger charge is 2.21. The predicted octanol–water partition coefficient (Wildman–Crippen LogP) is 6.20. The van der Waals surface area contributed by atoms with Crippen LogP contribution in [0.5, 0.6) is 5.88 Å². The van der Waals surface area contributed by atoms with Gasteiger partial charge >= 0.3 is 0 Å². The molecule has 0 spiro atoms. The van der Waals surface area contributed by atoms with Gasteiger partial charge in [-0.1, -0.05) is 60.7 Å². The average molecular weight is 415 g/mol. The van der Waals surface area contributed by atoms with Gasteiger partial charge in [-0.15, -0.1) is 0 Å². The molecule has 32 heavy (non-hydrogen) atoms. The van der Waals surface area contributed by atoms with Gasteiger partial charge in [0.1, 0.15) is 0 Å². The van der Waals surface area contributed by atoms with Crippen molar-refractivity contribution in [1.29, 1.82) is 0 Å². The highest BCUT2D eigenvalue weighted by Crippen LogP contribution is 2.39. The highest BCUT2D eigenvalue weighted by atomic mass is 16.3. The number of anilines is 1. The molecule has 154 valence electrons. The predicted molar refractivity (Wildman–Crippen MR) is 131 cm³/mol. The van der Waals surface area contributed by atoms with E-state index in [1.807, 2.05) is 54.6 Å². The number of aromatic nitrogens is 1. The molecule has 0 fully saturated rings. The summed E-state index contributed by atoms with van der Waals surface area (Å²) in [6, 6.07) is 30.4. The summed E-state index contributed by atoms with van der Waals surface area (Å²) in [6.07, 6.45) is 0.907. The Morgan fingerprint density at radius 2 is 1.59 bits per heavy atom. The summed E-state index contributed by atoms with van der Waals surface area (Å²) < 4.78 is 0. The number of hydrogen-bond acceptors (Lipinski definition) is 3. The number of aromatic amines is 1. The molecule has 4 aromatic carbocycles. The van der Waals surface area contributed by atoms with Gasteiger partial charge in [-0.3, -0.25) is 0 Å². The van der Waals surface area contributed by atoms with Gasteiger partial charge in [-0.2, -0.15) is 0 Å². The largest absolute Gasteiger partial charge is 0.494 e. The van der Waals surface area contributed by atoms with Crippen LogP contribution in [0.4, 0.5) is 11.4 Å². The van der Waals surface area contributed by atoms with Crippen molar-refractivity contribution < 1.29 is 5.11 Å². The molecule has 0 bridgehead atoms. The van der Waals surface area contributed by atoms with Gasteiger partial charge in [0.05, 0.1) is 17.0 Å². The SMILES string of the molecule is Nc1ccc2[nH]c(O)c(C(=Nc3ccc4c(c3)Cc3ccccc3-4)c3ccccc3)c2c1. The van der Waals surface area contributed by atoms with E-state index in [1.54, 1.807) is 0 Å². The lowest BCUT2D eigenvalue weighted by Crippen LogP contribution is -2.03. The summed E-state index contributed by atoms with van der Waals surface area (Å²) in [5, 5.41) is 11.7.